The summed E-state index contributed by atoms with van der Waals surface area (Å²) < 4.78 is 5.80. The Hall–Kier alpha value is -4.00. The van der Waals surface area contributed by atoms with Crippen LogP contribution in [0, 0.1) is 6.92 Å². The zero-order valence-corrected chi connectivity index (χ0v) is 19.5. The first-order valence-corrected chi connectivity index (χ1v) is 11.3. The van der Waals surface area contributed by atoms with Crippen LogP contribution in [0.3, 0.4) is 0 Å². The predicted octanol–water partition coefficient (Wildman–Crippen LogP) is 5.09. The minimum absolute atomic E-state index is 0.0303. The molecule has 0 aliphatic carbocycles. The van der Waals surface area contributed by atoms with Crippen LogP contribution < -0.4 is 10.1 Å². The maximum absolute atomic E-state index is 11.9. The van der Waals surface area contributed by atoms with Crippen molar-refractivity contribution in [2.24, 2.45) is 0 Å². The number of ether oxygens (including phenoxy) is 1. The lowest BCUT2D eigenvalue weighted by molar-refractivity contribution is -0.127. The monoisotopic (exact) mass is 456 g/mol. The van der Waals surface area contributed by atoms with Crippen molar-refractivity contribution >= 4 is 17.5 Å². The molecule has 0 radical (unpaired) electrons. The summed E-state index contributed by atoms with van der Waals surface area (Å²) in [5.41, 5.74) is 4.23. The van der Waals surface area contributed by atoms with E-state index < -0.39 is 0 Å². The van der Waals surface area contributed by atoms with Crippen LogP contribution >= 0.6 is 0 Å². The van der Waals surface area contributed by atoms with E-state index in [2.05, 4.69) is 16.9 Å². The first-order valence-electron chi connectivity index (χ1n) is 11.3. The Morgan fingerprint density at radius 3 is 2.50 bits per heavy atom. The number of carbonyl (C=O) groups is 2. The van der Waals surface area contributed by atoms with Gasteiger partial charge < -0.3 is 15.0 Å². The van der Waals surface area contributed by atoms with Crippen LogP contribution in [0.4, 0.5) is 5.69 Å². The number of amides is 2. The molecule has 1 fully saturated rings. The fraction of sp³-hybridized carbons (Fsp3) is 0.259. The Morgan fingerprint density at radius 2 is 1.88 bits per heavy atom. The fourth-order valence-corrected chi connectivity index (χ4v) is 4.18. The first kappa shape index (κ1) is 23.2. The molecule has 3 aromatic rings. The molecule has 0 unspecified atom stereocenters. The molecule has 1 aliphatic heterocycles. The highest BCUT2D eigenvalue weighted by Crippen LogP contribution is 2.35. The van der Waals surface area contributed by atoms with Crippen LogP contribution in [-0.4, -0.2) is 39.8 Å². The van der Waals surface area contributed by atoms with E-state index in [0.29, 0.717) is 30.4 Å². The van der Waals surface area contributed by atoms with Crippen molar-refractivity contribution in [2.45, 2.75) is 32.6 Å². The second kappa shape index (κ2) is 10.3. The van der Waals surface area contributed by atoms with Crippen LogP contribution in [0.25, 0.3) is 11.3 Å². The molecule has 3 heterocycles. The molecule has 1 aromatic carbocycles. The topological polar surface area (TPSA) is 84.4 Å². The number of anilines is 1. The van der Waals surface area contributed by atoms with Crippen LogP contribution in [0.5, 0.6) is 11.6 Å². The third kappa shape index (κ3) is 5.31. The van der Waals surface area contributed by atoms with E-state index in [1.54, 1.807) is 12.3 Å². The average molecular weight is 457 g/mol. The summed E-state index contributed by atoms with van der Waals surface area (Å²) in [7, 11) is 0. The zero-order valence-electron chi connectivity index (χ0n) is 19.5. The molecule has 34 heavy (non-hydrogen) atoms. The fourth-order valence-electron chi connectivity index (χ4n) is 4.18. The van der Waals surface area contributed by atoms with E-state index in [1.807, 2.05) is 54.3 Å². The number of nitrogens with one attached hydrogen (secondary N) is 1. The van der Waals surface area contributed by atoms with Crippen LogP contribution in [0.1, 0.15) is 36.9 Å². The Kier molecular flexibility index (Phi) is 7.01. The number of likely N-dealkylation sites (tertiary alicyclic amines) is 1. The Morgan fingerprint density at radius 1 is 1.15 bits per heavy atom. The average Bonchev–Trinajstić information content (AvgIpc) is 2.85. The number of nitrogens with zero attached hydrogens (tertiary/aromatic N) is 3. The summed E-state index contributed by atoms with van der Waals surface area (Å²) in [6.07, 6.45) is 4.72. The van der Waals surface area contributed by atoms with Crippen molar-refractivity contribution in [1.29, 1.82) is 0 Å². The van der Waals surface area contributed by atoms with Gasteiger partial charge in [-0.05, 0) is 67.8 Å². The van der Waals surface area contributed by atoms with Gasteiger partial charge in [-0.1, -0.05) is 12.6 Å². The van der Waals surface area contributed by atoms with E-state index in [-0.39, 0.29) is 17.7 Å². The van der Waals surface area contributed by atoms with Crippen LogP contribution in [-0.2, 0) is 9.59 Å². The molecule has 1 N–H and O–H groups in total. The second-order valence-electron chi connectivity index (χ2n) is 8.37. The number of carbonyl (C=O) groups excluding carboxylic acids is 2. The summed E-state index contributed by atoms with van der Waals surface area (Å²) in [6.45, 7) is 8.41. The van der Waals surface area contributed by atoms with Crippen molar-refractivity contribution in [1.82, 2.24) is 14.9 Å². The van der Waals surface area contributed by atoms with Gasteiger partial charge in [-0.25, -0.2) is 4.98 Å². The van der Waals surface area contributed by atoms with Gasteiger partial charge in [0.2, 0.25) is 17.7 Å². The van der Waals surface area contributed by atoms with E-state index >= 15 is 0 Å². The molecule has 7 nitrogen and oxygen atoms in total. The maximum atomic E-state index is 11.9. The van der Waals surface area contributed by atoms with Gasteiger partial charge in [-0.15, -0.1) is 0 Å². The molecule has 4 rings (SSSR count). The number of rotatable bonds is 6. The summed E-state index contributed by atoms with van der Waals surface area (Å²) in [4.78, 5) is 34.8. The van der Waals surface area contributed by atoms with Crippen LogP contribution in [0.15, 0.2) is 67.4 Å². The molecule has 1 aliphatic rings. The molecule has 2 aromatic heterocycles. The number of hydrogen-bond donors (Lipinski definition) is 1. The van der Waals surface area contributed by atoms with Gasteiger partial charge in [0, 0.05) is 49.5 Å². The molecule has 0 saturated carbocycles. The summed E-state index contributed by atoms with van der Waals surface area (Å²) in [5, 5.41) is 2.95. The van der Waals surface area contributed by atoms with Gasteiger partial charge in [-0.2, -0.15) is 0 Å². The normalized spacial score (nSPS) is 13.9. The molecule has 0 bridgehead atoms. The van der Waals surface area contributed by atoms with E-state index in [9.17, 15) is 9.59 Å². The standard InChI is InChI=1S/C27H28N4O3/c1-4-25(33)31-15-12-20(13-16-31)23-17-18(2)26(29-19(3)32)27(30-23)21-8-10-22(11-9-21)34-24-7-5-6-14-28-24/h4-11,14,17,20H,1,12-13,15-16H2,2-3H3,(H,29,32). The molecular weight excluding hydrogens is 428 g/mol. The summed E-state index contributed by atoms with van der Waals surface area (Å²) >= 11 is 0. The number of piperidine rings is 1. The molecule has 174 valence electrons. The predicted molar refractivity (Wildman–Crippen MR) is 132 cm³/mol. The van der Waals surface area contributed by atoms with Crippen molar-refractivity contribution in [2.75, 3.05) is 18.4 Å². The highest BCUT2D eigenvalue weighted by atomic mass is 16.5. The van der Waals surface area contributed by atoms with Gasteiger partial charge in [0.05, 0.1) is 11.4 Å². The highest BCUT2D eigenvalue weighted by molar-refractivity contribution is 5.94. The Balaban J connectivity index is 1.62. The Labute approximate surface area is 199 Å². The van der Waals surface area contributed by atoms with Gasteiger partial charge in [0.1, 0.15) is 5.75 Å². The van der Waals surface area contributed by atoms with Gasteiger partial charge in [-0.3, -0.25) is 14.6 Å². The Bertz CT molecular complexity index is 1180. The quantitative estimate of drug-likeness (QED) is 0.522. The largest absolute Gasteiger partial charge is 0.439 e. The van der Waals surface area contributed by atoms with E-state index in [4.69, 9.17) is 9.72 Å². The van der Waals surface area contributed by atoms with Crippen molar-refractivity contribution in [3.8, 4) is 22.9 Å². The molecule has 1 saturated heterocycles. The molecule has 2 amide bonds. The number of aryl methyl sites for hydroxylation is 1. The third-order valence-corrected chi connectivity index (χ3v) is 5.92. The maximum Gasteiger partial charge on any atom is 0.245 e. The SMILES string of the molecule is C=CC(=O)N1CCC(c2cc(C)c(NC(C)=O)c(-c3ccc(Oc4ccccn4)cc3)n2)CC1. The smallest absolute Gasteiger partial charge is 0.245 e. The lowest BCUT2D eigenvalue weighted by Gasteiger charge is -2.31. The number of hydrogen-bond acceptors (Lipinski definition) is 5. The van der Waals surface area contributed by atoms with Crippen molar-refractivity contribution in [3.05, 3.63) is 78.6 Å². The summed E-state index contributed by atoms with van der Waals surface area (Å²) in [6, 6.07) is 15.1. The van der Waals surface area contributed by atoms with Crippen molar-refractivity contribution < 1.29 is 14.3 Å². The first-order chi connectivity index (χ1) is 16.4. The zero-order chi connectivity index (χ0) is 24.1. The van der Waals surface area contributed by atoms with Crippen molar-refractivity contribution in [3.63, 3.8) is 0 Å². The molecular formula is C27H28N4O3. The molecule has 0 spiro atoms. The van der Waals surface area contributed by atoms with Gasteiger partial charge in [0.25, 0.3) is 0 Å². The lowest BCUT2D eigenvalue weighted by atomic mass is 9.91. The molecule has 0 atom stereocenters. The minimum atomic E-state index is -0.148. The lowest BCUT2D eigenvalue weighted by Crippen LogP contribution is -2.37. The third-order valence-electron chi connectivity index (χ3n) is 5.92. The number of benzene rings is 1. The minimum Gasteiger partial charge on any atom is -0.439 e. The molecule has 7 heteroatoms. The number of aromatic nitrogens is 2. The highest BCUT2D eigenvalue weighted by Gasteiger charge is 2.25. The second-order valence-corrected chi connectivity index (χ2v) is 8.37. The summed E-state index contributed by atoms with van der Waals surface area (Å²) in [5.74, 6) is 1.24. The van der Waals surface area contributed by atoms with E-state index in [0.717, 1.165) is 35.4 Å². The van der Waals surface area contributed by atoms with Gasteiger partial charge in [0.15, 0.2) is 0 Å². The van der Waals surface area contributed by atoms with E-state index in [1.165, 1.54) is 13.0 Å². The number of pyridine rings is 2. The van der Waals surface area contributed by atoms with Crippen LogP contribution in [0.2, 0.25) is 0 Å². The van der Waals surface area contributed by atoms with Gasteiger partial charge >= 0.3 is 0 Å².